The summed E-state index contributed by atoms with van der Waals surface area (Å²) in [7, 11) is 3.15. The summed E-state index contributed by atoms with van der Waals surface area (Å²) < 4.78 is 47.4. The van der Waals surface area contributed by atoms with E-state index in [1.54, 1.807) is 25.2 Å². The molecule has 0 N–H and O–H groups in total. The molecule has 0 atom stereocenters. The zero-order valence-electron chi connectivity index (χ0n) is 15.5. The number of ether oxygens (including phenoxy) is 1. The summed E-state index contributed by atoms with van der Waals surface area (Å²) in [6.07, 6.45) is -4.50. The molecule has 0 aliphatic carbocycles. The molecular formula is C21H15ClF3N3O. The Morgan fingerprint density at radius 2 is 1.59 bits per heavy atom. The Hall–Kier alpha value is -3.06. The first kappa shape index (κ1) is 19.3. The highest BCUT2D eigenvalue weighted by Crippen LogP contribution is 2.40. The van der Waals surface area contributed by atoms with E-state index in [2.05, 4.69) is 10.2 Å². The molecule has 0 saturated carbocycles. The zero-order valence-corrected chi connectivity index (χ0v) is 16.2. The van der Waals surface area contributed by atoms with Crippen LogP contribution >= 0.6 is 11.6 Å². The van der Waals surface area contributed by atoms with Gasteiger partial charge in [-0.2, -0.15) is 13.2 Å². The molecule has 0 fully saturated rings. The zero-order chi connectivity index (χ0) is 20.8. The van der Waals surface area contributed by atoms with Crippen LogP contribution in [0.3, 0.4) is 0 Å². The van der Waals surface area contributed by atoms with Crippen molar-refractivity contribution in [2.24, 2.45) is 7.05 Å². The maximum absolute atomic E-state index is 13.4. The highest BCUT2D eigenvalue weighted by atomic mass is 35.5. The lowest BCUT2D eigenvalue weighted by atomic mass is 10.0. The molecule has 29 heavy (non-hydrogen) atoms. The minimum absolute atomic E-state index is 0.0379. The van der Waals surface area contributed by atoms with Gasteiger partial charge >= 0.3 is 6.18 Å². The molecular weight excluding hydrogens is 403 g/mol. The number of halogens is 4. The van der Waals surface area contributed by atoms with Crippen molar-refractivity contribution in [1.82, 2.24) is 14.8 Å². The van der Waals surface area contributed by atoms with E-state index in [1.807, 2.05) is 12.1 Å². The first-order valence-corrected chi connectivity index (χ1v) is 9.01. The van der Waals surface area contributed by atoms with Gasteiger partial charge in [0.05, 0.1) is 18.2 Å². The Bertz CT molecular complexity index is 1220. The second kappa shape index (κ2) is 7.08. The van der Waals surface area contributed by atoms with Crippen molar-refractivity contribution in [2.45, 2.75) is 6.18 Å². The van der Waals surface area contributed by atoms with Gasteiger partial charge in [0.1, 0.15) is 5.75 Å². The predicted molar refractivity (Wildman–Crippen MR) is 106 cm³/mol. The van der Waals surface area contributed by atoms with Crippen LogP contribution in [-0.2, 0) is 13.2 Å². The van der Waals surface area contributed by atoms with E-state index in [-0.39, 0.29) is 11.4 Å². The SMILES string of the molecule is COc1c(-c2nnc(-c3ccccc3C(F)(F)F)n2C)ccc2ccc(Cl)cc12. The fraction of sp³-hybridized carbons (Fsp3) is 0.143. The molecule has 1 aromatic heterocycles. The van der Waals surface area contributed by atoms with E-state index >= 15 is 0 Å². The van der Waals surface area contributed by atoms with E-state index < -0.39 is 11.7 Å². The normalized spacial score (nSPS) is 11.8. The van der Waals surface area contributed by atoms with Gasteiger partial charge < -0.3 is 9.30 Å². The molecule has 0 aliphatic rings. The minimum atomic E-state index is -4.50. The van der Waals surface area contributed by atoms with Crippen molar-refractivity contribution in [3.05, 3.63) is 65.2 Å². The van der Waals surface area contributed by atoms with E-state index in [9.17, 15) is 13.2 Å². The van der Waals surface area contributed by atoms with Gasteiger partial charge in [-0.25, -0.2) is 0 Å². The molecule has 0 amide bonds. The van der Waals surface area contributed by atoms with Crippen molar-refractivity contribution >= 4 is 22.4 Å². The van der Waals surface area contributed by atoms with Crippen LogP contribution in [0, 0.1) is 0 Å². The first-order valence-electron chi connectivity index (χ1n) is 8.64. The molecule has 0 radical (unpaired) electrons. The molecule has 3 aromatic carbocycles. The monoisotopic (exact) mass is 417 g/mol. The van der Waals surface area contributed by atoms with Gasteiger partial charge in [-0.05, 0) is 29.7 Å². The lowest BCUT2D eigenvalue weighted by molar-refractivity contribution is -0.137. The molecule has 0 spiro atoms. The Morgan fingerprint density at radius 1 is 0.931 bits per heavy atom. The summed E-state index contributed by atoms with van der Waals surface area (Å²) in [5.41, 5.74) is -0.198. The first-order chi connectivity index (χ1) is 13.8. The van der Waals surface area contributed by atoms with Crippen LogP contribution in [0.25, 0.3) is 33.5 Å². The maximum Gasteiger partial charge on any atom is 0.417 e. The summed E-state index contributed by atoms with van der Waals surface area (Å²) in [4.78, 5) is 0. The summed E-state index contributed by atoms with van der Waals surface area (Å²) in [6.45, 7) is 0. The van der Waals surface area contributed by atoms with Gasteiger partial charge in [-0.1, -0.05) is 41.9 Å². The number of aromatic nitrogens is 3. The Balaban J connectivity index is 1.92. The molecule has 1 heterocycles. The number of nitrogens with zero attached hydrogens (tertiary/aromatic N) is 3. The van der Waals surface area contributed by atoms with Crippen LogP contribution < -0.4 is 4.74 Å². The molecule has 0 unspecified atom stereocenters. The summed E-state index contributed by atoms with van der Waals surface area (Å²) in [5.74, 6) is 1.02. The van der Waals surface area contributed by atoms with Crippen molar-refractivity contribution in [3.8, 4) is 28.5 Å². The number of hydrogen-bond donors (Lipinski definition) is 0. The lowest BCUT2D eigenvalue weighted by Crippen LogP contribution is -2.08. The van der Waals surface area contributed by atoms with Crippen molar-refractivity contribution < 1.29 is 17.9 Å². The lowest BCUT2D eigenvalue weighted by Gasteiger charge is -2.14. The van der Waals surface area contributed by atoms with Gasteiger partial charge in [0, 0.05) is 23.0 Å². The van der Waals surface area contributed by atoms with E-state index in [4.69, 9.17) is 16.3 Å². The average Bonchev–Trinajstić information content (AvgIpc) is 3.07. The second-order valence-electron chi connectivity index (χ2n) is 6.46. The third-order valence-corrected chi connectivity index (χ3v) is 4.96. The molecule has 4 rings (SSSR count). The van der Waals surface area contributed by atoms with Gasteiger partial charge in [0.25, 0.3) is 0 Å². The standard InChI is InChI=1S/C21H15ClF3N3O/c1-28-19(14-5-3-4-6-17(14)21(23,24)25)26-27-20(28)15-10-8-12-7-9-13(22)11-16(12)18(15)29-2/h3-11H,1-2H3. The van der Waals surface area contributed by atoms with Crippen LogP contribution in [-0.4, -0.2) is 21.9 Å². The van der Waals surface area contributed by atoms with Gasteiger partial charge in [0.15, 0.2) is 11.6 Å². The van der Waals surface area contributed by atoms with Crippen LogP contribution in [0.15, 0.2) is 54.6 Å². The van der Waals surface area contributed by atoms with Crippen LogP contribution in [0.2, 0.25) is 5.02 Å². The molecule has 0 aliphatic heterocycles. The molecule has 4 aromatic rings. The summed E-state index contributed by atoms with van der Waals surface area (Å²) in [5, 5.41) is 10.4. The second-order valence-corrected chi connectivity index (χ2v) is 6.90. The number of alkyl halides is 3. The van der Waals surface area contributed by atoms with E-state index in [0.29, 0.717) is 22.2 Å². The van der Waals surface area contributed by atoms with Crippen LogP contribution in [0.5, 0.6) is 5.75 Å². The topological polar surface area (TPSA) is 39.9 Å². The minimum Gasteiger partial charge on any atom is -0.495 e. The van der Waals surface area contributed by atoms with Crippen molar-refractivity contribution in [1.29, 1.82) is 0 Å². The van der Waals surface area contributed by atoms with Crippen LogP contribution in [0.4, 0.5) is 13.2 Å². The fourth-order valence-electron chi connectivity index (χ4n) is 3.38. The Kier molecular flexibility index (Phi) is 4.70. The fourth-order valence-corrected chi connectivity index (χ4v) is 3.56. The number of rotatable bonds is 3. The molecule has 4 nitrogen and oxygen atoms in total. The third kappa shape index (κ3) is 3.31. The average molecular weight is 418 g/mol. The molecule has 0 saturated heterocycles. The number of benzene rings is 3. The summed E-state index contributed by atoms with van der Waals surface area (Å²) >= 11 is 6.13. The van der Waals surface area contributed by atoms with Crippen molar-refractivity contribution in [2.75, 3.05) is 7.11 Å². The molecule has 148 valence electrons. The Morgan fingerprint density at radius 3 is 2.28 bits per heavy atom. The Labute approximate surface area is 169 Å². The number of hydrogen-bond acceptors (Lipinski definition) is 3. The number of fused-ring (bicyclic) bond motifs is 1. The van der Waals surface area contributed by atoms with Crippen molar-refractivity contribution in [3.63, 3.8) is 0 Å². The van der Waals surface area contributed by atoms with E-state index in [0.717, 1.165) is 16.8 Å². The van der Waals surface area contributed by atoms with Gasteiger partial charge in [-0.15, -0.1) is 10.2 Å². The largest absolute Gasteiger partial charge is 0.495 e. The quantitative estimate of drug-likeness (QED) is 0.411. The summed E-state index contributed by atoms with van der Waals surface area (Å²) in [6, 6.07) is 14.4. The third-order valence-electron chi connectivity index (χ3n) is 4.73. The van der Waals surface area contributed by atoms with Crippen LogP contribution in [0.1, 0.15) is 5.56 Å². The predicted octanol–water partition coefficient (Wildman–Crippen LogP) is 5.98. The highest BCUT2D eigenvalue weighted by molar-refractivity contribution is 6.31. The highest BCUT2D eigenvalue weighted by Gasteiger charge is 2.34. The maximum atomic E-state index is 13.4. The van der Waals surface area contributed by atoms with E-state index in [1.165, 1.54) is 29.9 Å². The van der Waals surface area contributed by atoms with Gasteiger partial charge in [-0.3, -0.25) is 0 Å². The molecule has 0 bridgehead atoms. The smallest absolute Gasteiger partial charge is 0.417 e. The molecule has 8 heteroatoms. The number of methoxy groups -OCH3 is 1. The van der Waals surface area contributed by atoms with Gasteiger partial charge in [0.2, 0.25) is 0 Å².